The first kappa shape index (κ1) is 16.2. The molecule has 118 valence electrons. The molecule has 0 aliphatic heterocycles. The van der Waals surface area contributed by atoms with Crippen molar-refractivity contribution in [3.63, 3.8) is 0 Å². The number of imide groups is 1. The molecular weight excluding hydrogens is 294 g/mol. The number of rotatable bonds is 2. The number of nitrogens with one attached hydrogen (secondary N) is 1. The molecule has 2 rings (SSSR count). The average molecular weight is 311 g/mol. The lowest BCUT2D eigenvalue weighted by molar-refractivity contribution is -0.136. The molecule has 0 radical (unpaired) electrons. The van der Waals surface area contributed by atoms with Crippen molar-refractivity contribution in [1.82, 2.24) is 0 Å². The molecule has 0 unspecified atom stereocenters. The minimum Gasteiger partial charge on any atom is -0.399 e. The number of amides is 3. The third-order valence-corrected chi connectivity index (χ3v) is 3.17. The Morgan fingerprint density at radius 1 is 0.957 bits per heavy atom. The van der Waals surface area contributed by atoms with E-state index in [1.165, 1.54) is 19.1 Å². The zero-order valence-electron chi connectivity index (χ0n) is 12.9. The summed E-state index contributed by atoms with van der Waals surface area (Å²) in [7, 11) is 0. The summed E-state index contributed by atoms with van der Waals surface area (Å²) < 4.78 is 0. The maximum Gasteiger partial charge on any atom is 0.323 e. The number of nitrogens with two attached hydrogens (primary N) is 1. The minimum absolute atomic E-state index is 0.288. The van der Waals surface area contributed by atoms with Crippen molar-refractivity contribution in [2.45, 2.75) is 13.8 Å². The molecule has 2 aromatic carbocycles. The van der Waals surface area contributed by atoms with Gasteiger partial charge in [0, 0.05) is 18.3 Å². The van der Waals surface area contributed by atoms with E-state index in [9.17, 15) is 14.4 Å². The lowest BCUT2D eigenvalue weighted by Gasteiger charge is -2.18. The van der Waals surface area contributed by atoms with Crippen LogP contribution in [0.4, 0.5) is 17.1 Å². The van der Waals surface area contributed by atoms with Crippen LogP contribution in [0, 0.1) is 6.92 Å². The summed E-state index contributed by atoms with van der Waals surface area (Å²) in [5, 5.41) is 2.48. The number of carbonyl (C=O) groups is 3. The zero-order valence-corrected chi connectivity index (χ0v) is 12.9. The molecule has 0 bridgehead atoms. The molecule has 0 aliphatic rings. The van der Waals surface area contributed by atoms with Crippen molar-refractivity contribution in [3.05, 3.63) is 54.1 Å². The smallest absolute Gasteiger partial charge is 0.323 e. The van der Waals surface area contributed by atoms with E-state index >= 15 is 0 Å². The maximum absolute atomic E-state index is 12.3. The number of benzene rings is 2. The van der Waals surface area contributed by atoms with Crippen molar-refractivity contribution >= 4 is 34.8 Å². The molecule has 0 aromatic heterocycles. The van der Waals surface area contributed by atoms with Crippen LogP contribution < -0.4 is 16.0 Å². The molecule has 0 aliphatic carbocycles. The number of nitrogens with zero attached hydrogens (tertiary/aromatic N) is 1. The van der Waals surface area contributed by atoms with Crippen molar-refractivity contribution in [3.8, 4) is 0 Å². The Labute approximate surface area is 133 Å². The van der Waals surface area contributed by atoms with Crippen LogP contribution in [-0.4, -0.2) is 17.7 Å². The third-order valence-electron chi connectivity index (χ3n) is 3.17. The molecule has 3 N–H and O–H groups in total. The number of aryl methyl sites for hydroxylation is 1. The topological polar surface area (TPSA) is 92.5 Å². The zero-order chi connectivity index (χ0) is 17.0. The molecule has 0 spiro atoms. The number of nitrogen functional groups attached to an aromatic ring is 1. The summed E-state index contributed by atoms with van der Waals surface area (Å²) in [6, 6.07) is 13.1. The highest BCUT2D eigenvalue weighted by atomic mass is 16.2. The van der Waals surface area contributed by atoms with Gasteiger partial charge in [0.05, 0.1) is 5.69 Å². The Morgan fingerprint density at radius 3 is 2.04 bits per heavy atom. The first-order valence-corrected chi connectivity index (χ1v) is 6.96. The van der Waals surface area contributed by atoms with Crippen LogP contribution in [0.25, 0.3) is 0 Å². The SMILES string of the molecule is CC(=O)N(C(=O)C(=O)Nc1ccc(C)cc1)c1ccc(N)cc1. The average Bonchev–Trinajstić information content (AvgIpc) is 2.51. The van der Waals surface area contributed by atoms with Gasteiger partial charge in [-0.3, -0.25) is 14.4 Å². The van der Waals surface area contributed by atoms with Gasteiger partial charge in [-0.25, -0.2) is 4.90 Å². The normalized spacial score (nSPS) is 10.0. The predicted molar refractivity (Wildman–Crippen MR) is 88.8 cm³/mol. The van der Waals surface area contributed by atoms with Gasteiger partial charge in [0.1, 0.15) is 0 Å². The lowest BCUT2D eigenvalue weighted by Crippen LogP contribution is -2.42. The molecule has 0 fully saturated rings. The molecule has 6 heteroatoms. The molecule has 3 amide bonds. The Balaban J connectivity index is 2.20. The van der Waals surface area contributed by atoms with Gasteiger partial charge in [-0.1, -0.05) is 17.7 Å². The second-order valence-corrected chi connectivity index (χ2v) is 5.07. The molecule has 0 saturated heterocycles. The number of anilines is 3. The summed E-state index contributed by atoms with van der Waals surface area (Å²) >= 11 is 0. The van der Waals surface area contributed by atoms with Gasteiger partial charge in [0.2, 0.25) is 5.91 Å². The fourth-order valence-corrected chi connectivity index (χ4v) is 1.99. The molecule has 2 aromatic rings. The summed E-state index contributed by atoms with van der Waals surface area (Å²) in [5.74, 6) is -2.40. The molecule has 0 saturated carbocycles. The van der Waals surface area contributed by atoms with Crippen molar-refractivity contribution in [2.24, 2.45) is 0 Å². The fraction of sp³-hybridized carbons (Fsp3) is 0.118. The summed E-state index contributed by atoms with van der Waals surface area (Å²) in [6.45, 7) is 3.13. The standard InChI is InChI=1S/C17H17N3O3/c1-11-3-7-14(8-4-11)19-16(22)17(23)20(12(2)21)15-9-5-13(18)6-10-15/h3-10H,18H2,1-2H3,(H,19,22). The van der Waals surface area contributed by atoms with Gasteiger partial charge in [-0.2, -0.15) is 0 Å². The molecule has 23 heavy (non-hydrogen) atoms. The van der Waals surface area contributed by atoms with Crippen LogP contribution in [0.2, 0.25) is 0 Å². The first-order chi connectivity index (χ1) is 10.9. The van der Waals surface area contributed by atoms with E-state index in [1.54, 1.807) is 24.3 Å². The van der Waals surface area contributed by atoms with Crippen LogP contribution in [0.3, 0.4) is 0 Å². The van der Waals surface area contributed by atoms with E-state index in [0.29, 0.717) is 11.4 Å². The summed E-state index contributed by atoms with van der Waals surface area (Å²) in [6.07, 6.45) is 0. The van der Waals surface area contributed by atoms with E-state index in [-0.39, 0.29) is 5.69 Å². The third kappa shape index (κ3) is 3.94. The number of carbonyl (C=O) groups excluding carboxylic acids is 3. The van der Waals surface area contributed by atoms with E-state index in [1.807, 2.05) is 19.1 Å². The van der Waals surface area contributed by atoms with Crippen LogP contribution in [0.5, 0.6) is 0 Å². The predicted octanol–water partition coefficient (Wildman–Crippen LogP) is 2.10. The lowest BCUT2D eigenvalue weighted by atomic mass is 10.2. The van der Waals surface area contributed by atoms with Gasteiger partial charge < -0.3 is 11.1 Å². The van der Waals surface area contributed by atoms with Crippen LogP contribution in [0.1, 0.15) is 12.5 Å². The second kappa shape index (κ2) is 6.74. The van der Waals surface area contributed by atoms with Crippen molar-refractivity contribution < 1.29 is 14.4 Å². The highest BCUT2D eigenvalue weighted by Crippen LogP contribution is 2.17. The van der Waals surface area contributed by atoms with Crippen LogP contribution in [-0.2, 0) is 14.4 Å². The molecule has 0 atom stereocenters. The Bertz CT molecular complexity index is 737. The quantitative estimate of drug-likeness (QED) is 0.656. The molecular formula is C17H17N3O3. The first-order valence-electron chi connectivity index (χ1n) is 6.96. The van der Waals surface area contributed by atoms with Crippen LogP contribution >= 0.6 is 0 Å². The summed E-state index contributed by atoms with van der Waals surface area (Å²) in [4.78, 5) is 37.0. The Hall–Kier alpha value is -3.15. The van der Waals surface area contributed by atoms with Crippen molar-refractivity contribution in [2.75, 3.05) is 16.0 Å². The maximum atomic E-state index is 12.3. The van der Waals surface area contributed by atoms with Crippen molar-refractivity contribution in [1.29, 1.82) is 0 Å². The van der Waals surface area contributed by atoms with E-state index in [2.05, 4.69) is 5.32 Å². The Morgan fingerprint density at radius 2 is 1.52 bits per heavy atom. The van der Waals surface area contributed by atoms with Gasteiger partial charge in [0.15, 0.2) is 0 Å². The Kier molecular flexibility index (Phi) is 4.75. The van der Waals surface area contributed by atoms with Crippen LogP contribution in [0.15, 0.2) is 48.5 Å². The second-order valence-electron chi connectivity index (χ2n) is 5.07. The fourth-order valence-electron chi connectivity index (χ4n) is 1.99. The van der Waals surface area contributed by atoms with Gasteiger partial charge in [0.25, 0.3) is 0 Å². The van der Waals surface area contributed by atoms with E-state index in [4.69, 9.17) is 5.73 Å². The monoisotopic (exact) mass is 311 g/mol. The largest absolute Gasteiger partial charge is 0.399 e. The molecule has 6 nitrogen and oxygen atoms in total. The summed E-state index contributed by atoms with van der Waals surface area (Å²) in [5.41, 5.74) is 7.88. The van der Waals surface area contributed by atoms with E-state index in [0.717, 1.165) is 10.5 Å². The van der Waals surface area contributed by atoms with E-state index < -0.39 is 17.7 Å². The number of hydrogen-bond donors (Lipinski definition) is 2. The molecule has 0 heterocycles. The van der Waals surface area contributed by atoms with Gasteiger partial charge in [-0.05, 0) is 43.3 Å². The highest BCUT2D eigenvalue weighted by Gasteiger charge is 2.26. The highest BCUT2D eigenvalue weighted by molar-refractivity contribution is 6.48. The van der Waals surface area contributed by atoms with Gasteiger partial charge >= 0.3 is 11.8 Å². The minimum atomic E-state index is -0.956. The number of hydrogen-bond acceptors (Lipinski definition) is 4. The van der Waals surface area contributed by atoms with Gasteiger partial charge in [-0.15, -0.1) is 0 Å².